The fourth-order valence-corrected chi connectivity index (χ4v) is 5.91. The lowest BCUT2D eigenvalue weighted by molar-refractivity contribution is -0.139. The molecule has 0 saturated carbocycles. The van der Waals surface area contributed by atoms with Gasteiger partial charge in [0.2, 0.25) is 0 Å². The van der Waals surface area contributed by atoms with E-state index in [9.17, 15) is 28.2 Å². The highest BCUT2D eigenvalue weighted by Gasteiger charge is 2.26. The minimum absolute atomic E-state index is 0.0103. The molecule has 3 aromatic carbocycles. The largest absolute Gasteiger partial charge is 0.508 e. The van der Waals surface area contributed by atoms with E-state index in [-0.39, 0.29) is 32.7 Å². The van der Waals surface area contributed by atoms with Crippen LogP contribution >= 0.6 is 34.7 Å². The minimum atomic E-state index is -3.49. The summed E-state index contributed by atoms with van der Waals surface area (Å²) in [5, 5.41) is 25.4. The van der Waals surface area contributed by atoms with Crippen LogP contribution in [-0.4, -0.2) is 47.2 Å². The number of rotatable bonds is 9. The SMILES string of the molecule is CS(=O)(=O)c1cccc(CC(NC(=O)c2c(Cl)cc3c(NCc4ccc(O)cc4)nsc3c2Cl)C(=O)O)c1. The second-order valence-electron chi connectivity index (χ2n) is 8.46. The van der Waals surface area contributed by atoms with Crippen molar-refractivity contribution in [3.63, 3.8) is 0 Å². The van der Waals surface area contributed by atoms with E-state index in [0.717, 1.165) is 23.4 Å². The van der Waals surface area contributed by atoms with E-state index in [0.29, 0.717) is 28.0 Å². The van der Waals surface area contributed by atoms with Gasteiger partial charge in [0.25, 0.3) is 5.91 Å². The van der Waals surface area contributed by atoms with Crippen molar-refractivity contribution >= 4 is 72.4 Å². The Morgan fingerprint density at radius 1 is 1.08 bits per heavy atom. The molecule has 0 saturated heterocycles. The number of carboxylic acids is 1. The zero-order valence-corrected chi connectivity index (χ0v) is 22.9. The highest BCUT2D eigenvalue weighted by Crippen LogP contribution is 2.39. The van der Waals surface area contributed by atoms with E-state index in [1.165, 1.54) is 24.3 Å². The number of halogens is 2. The van der Waals surface area contributed by atoms with E-state index < -0.39 is 27.8 Å². The Morgan fingerprint density at radius 3 is 2.45 bits per heavy atom. The van der Waals surface area contributed by atoms with Crippen molar-refractivity contribution in [2.45, 2.75) is 23.9 Å². The van der Waals surface area contributed by atoms with Crippen molar-refractivity contribution in [1.82, 2.24) is 9.69 Å². The first-order chi connectivity index (χ1) is 17.9. The second kappa shape index (κ2) is 11.2. The summed E-state index contributed by atoms with van der Waals surface area (Å²) in [7, 11) is -3.49. The van der Waals surface area contributed by atoms with Gasteiger partial charge in [-0.1, -0.05) is 47.5 Å². The number of carbonyl (C=O) groups excluding carboxylic acids is 1. The van der Waals surface area contributed by atoms with E-state index in [4.69, 9.17) is 23.2 Å². The van der Waals surface area contributed by atoms with Crippen molar-refractivity contribution in [2.75, 3.05) is 11.6 Å². The average molecular weight is 594 g/mol. The summed E-state index contributed by atoms with van der Waals surface area (Å²) in [6, 6.07) is 12.7. The lowest BCUT2D eigenvalue weighted by Crippen LogP contribution is -2.42. The summed E-state index contributed by atoms with van der Waals surface area (Å²) >= 11 is 14.0. The summed E-state index contributed by atoms with van der Waals surface area (Å²) in [5.74, 6) is -1.44. The van der Waals surface area contributed by atoms with Crippen molar-refractivity contribution < 1.29 is 28.2 Å². The fourth-order valence-electron chi connectivity index (χ4n) is 3.71. The van der Waals surface area contributed by atoms with E-state index >= 15 is 0 Å². The van der Waals surface area contributed by atoms with Gasteiger partial charge in [0.05, 0.1) is 25.2 Å². The molecular formula is C25H21Cl2N3O6S2. The Balaban J connectivity index is 1.56. The van der Waals surface area contributed by atoms with Crippen LogP contribution in [-0.2, 0) is 27.6 Å². The molecule has 1 atom stereocenters. The number of aromatic nitrogens is 1. The molecule has 0 radical (unpaired) electrons. The Hall–Kier alpha value is -3.38. The molecule has 0 fully saturated rings. The van der Waals surface area contributed by atoms with Gasteiger partial charge in [0, 0.05) is 24.6 Å². The standard InChI is InChI=1S/C25H21Cl2N3O6S2/c1-38(35,36)16-4-2-3-14(9-16)10-19(25(33)34)29-24(32)20-18(26)11-17-22(21(20)27)37-30-23(17)28-12-13-5-7-15(31)8-6-13/h2-9,11,19,31H,10,12H2,1H3,(H,28,30)(H,29,32)(H,33,34). The van der Waals surface area contributed by atoms with Crippen LogP contribution in [0, 0.1) is 0 Å². The number of phenolic OH excluding ortho intramolecular Hbond substituents is 1. The molecule has 4 aromatic rings. The normalized spacial score (nSPS) is 12.3. The molecule has 0 spiro atoms. The topological polar surface area (TPSA) is 146 Å². The third kappa shape index (κ3) is 6.18. The van der Waals surface area contributed by atoms with Gasteiger partial charge in [-0.2, -0.15) is 4.37 Å². The molecule has 38 heavy (non-hydrogen) atoms. The average Bonchev–Trinajstić information content (AvgIpc) is 3.25. The molecule has 198 valence electrons. The van der Waals surface area contributed by atoms with Crippen LogP contribution in [0.4, 0.5) is 5.82 Å². The fraction of sp³-hybridized carbons (Fsp3) is 0.160. The number of aliphatic carboxylic acids is 1. The van der Waals surface area contributed by atoms with Crippen LogP contribution in [0.2, 0.25) is 10.0 Å². The molecule has 13 heteroatoms. The molecule has 0 bridgehead atoms. The van der Waals surface area contributed by atoms with Crippen LogP contribution in [0.3, 0.4) is 0 Å². The third-order valence-corrected chi connectivity index (χ3v) is 8.43. The smallest absolute Gasteiger partial charge is 0.326 e. The quantitative estimate of drug-likeness (QED) is 0.217. The second-order valence-corrected chi connectivity index (χ2v) is 12.0. The Labute approximate surface area is 232 Å². The zero-order valence-electron chi connectivity index (χ0n) is 19.7. The monoisotopic (exact) mass is 593 g/mol. The van der Waals surface area contributed by atoms with Gasteiger partial charge >= 0.3 is 5.97 Å². The Bertz CT molecular complexity index is 1640. The van der Waals surface area contributed by atoms with Gasteiger partial charge in [-0.3, -0.25) is 4.79 Å². The maximum absolute atomic E-state index is 13.1. The summed E-state index contributed by atoms with van der Waals surface area (Å²) in [6.45, 7) is 0.414. The predicted molar refractivity (Wildman–Crippen MR) is 147 cm³/mol. The summed E-state index contributed by atoms with van der Waals surface area (Å²) in [6.07, 6.45) is 0.893. The molecule has 0 aliphatic rings. The molecule has 4 N–H and O–H groups in total. The van der Waals surface area contributed by atoms with Crippen molar-refractivity contribution in [3.8, 4) is 5.75 Å². The number of nitrogens with one attached hydrogen (secondary N) is 2. The first kappa shape index (κ1) is 27.6. The van der Waals surface area contributed by atoms with Crippen molar-refractivity contribution in [1.29, 1.82) is 0 Å². The number of fused-ring (bicyclic) bond motifs is 1. The lowest BCUT2D eigenvalue weighted by atomic mass is 10.1. The van der Waals surface area contributed by atoms with Gasteiger partial charge in [-0.25, -0.2) is 13.2 Å². The van der Waals surface area contributed by atoms with Crippen LogP contribution in [0.25, 0.3) is 10.1 Å². The number of amides is 1. The maximum atomic E-state index is 13.1. The molecule has 4 rings (SSSR count). The number of aromatic hydroxyl groups is 1. The minimum Gasteiger partial charge on any atom is -0.508 e. The number of hydrogen-bond donors (Lipinski definition) is 4. The number of carboxylic acid groups (broad SMARTS) is 1. The van der Waals surface area contributed by atoms with Crippen molar-refractivity contribution in [3.05, 3.63) is 81.3 Å². The lowest BCUT2D eigenvalue weighted by Gasteiger charge is -2.16. The molecule has 9 nitrogen and oxygen atoms in total. The summed E-state index contributed by atoms with van der Waals surface area (Å²) in [5.41, 5.74) is 1.23. The Morgan fingerprint density at radius 2 is 1.79 bits per heavy atom. The van der Waals surface area contributed by atoms with Crippen molar-refractivity contribution in [2.24, 2.45) is 0 Å². The number of benzene rings is 3. The number of sulfone groups is 1. The van der Waals surface area contributed by atoms with Crippen LogP contribution in [0.5, 0.6) is 5.75 Å². The van der Waals surface area contributed by atoms with Crippen LogP contribution in [0.1, 0.15) is 21.5 Å². The molecule has 1 unspecified atom stereocenters. The maximum Gasteiger partial charge on any atom is 0.326 e. The highest BCUT2D eigenvalue weighted by molar-refractivity contribution is 7.90. The molecule has 1 heterocycles. The Kier molecular flexibility index (Phi) is 8.12. The summed E-state index contributed by atoms with van der Waals surface area (Å²) in [4.78, 5) is 25.1. The highest BCUT2D eigenvalue weighted by atomic mass is 35.5. The number of hydrogen-bond acceptors (Lipinski definition) is 8. The molecule has 0 aliphatic heterocycles. The molecule has 1 aromatic heterocycles. The number of nitrogens with zero attached hydrogens (tertiary/aromatic N) is 1. The number of carbonyl (C=O) groups is 2. The van der Waals surface area contributed by atoms with Gasteiger partial charge in [-0.05, 0) is 53.0 Å². The van der Waals surface area contributed by atoms with E-state index in [1.54, 1.807) is 30.3 Å². The first-order valence-corrected chi connectivity index (χ1v) is 14.5. The predicted octanol–water partition coefficient (Wildman–Crippen LogP) is 4.75. The van der Waals surface area contributed by atoms with Gasteiger partial charge in [0.15, 0.2) is 9.84 Å². The van der Waals surface area contributed by atoms with Gasteiger partial charge in [0.1, 0.15) is 17.6 Å². The molecular weight excluding hydrogens is 573 g/mol. The number of anilines is 1. The third-order valence-electron chi connectivity index (χ3n) is 5.65. The van der Waals surface area contributed by atoms with Gasteiger partial charge < -0.3 is 20.8 Å². The van der Waals surface area contributed by atoms with E-state index in [1.807, 2.05) is 0 Å². The van der Waals surface area contributed by atoms with E-state index in [2.05, 4.69) is 15.0 Å². The van der Waals surface area contributed by atoms with Crippen LogP contribution in [0.15, 0.2) is 59.5 Å². The van der Waals surface area contributed by atoms with Gasteiger partial charge in [-0.15, -0.1) is 0 Å². The summed E-state index contributed by atoms with van der Waals surface area (Å²) < 4.78 is 28.5. The molecule has 0 aliphatic carbocycles. The van der Waals surface area contributed by atoms with Crippen LogP contribution < -0.4 is 10.6 Å². The zero-order chi connectivity index (χ0) is 27.6. The first-order valence-electron chi connectivity index (χ1n) is 11.1. The number of phenols is 1. The molecule has 1 amide bonds.